The summed E-state index contributed by atoms with van der Waals surface area (Å²) in [6, 6.07) is 11.8. The Labute approximate surface area is 194 Å². The average molecular weight is 495 g/mol. The molecule has 2 N–H and O–H groups in total. The van der Waals surface area contributed by atoms with Gasteiger partial charge in [-0.1, -0.05) is 23.7 Å². The lowest BCUT2D eigenvalue weighted by atomic mass is 10.1. The molecule has 0 radical (unpaired) electrons. The summed E-state index contributed by atoms with van der Waals surface area (Å²) in [6.07, 6.45) is -3.40. The number of nitro groups is 1. The van der Waals surface area contributed by atoms with E-state index in [1.54, 1.807) is 12.1 Å². The van der Waals surface area contributed by atoms with Gasteiger partial charge >= 0.3 is 6.18 Å². The lowest BCUT2D eigenvalue weighted by Crippen LogP contribution is -2.20. The van der Waals surface area contributed by atoms with E-state index < -0.39 is 29.5 Å². The Morgan fingerprint density at radius 3 is 2.35 bits per heavy atom. The highest BCUT2D eigenvalue weighted by Gasteiger charge is 2.28. The zero-order valence-electron chi connectivity index (χ0n) is 16.9. The summed E-state index contributed by atoms with van der Waals surface area (Å²) in [5.41, 5.74) is 0.0265. The Balaban J connectivity index is 1.72. The smallest absolute Gasteiger partial charge is 0.422 e. The van der Waals surface area contributed by atoms with E-state index in [4.69, 9.17) is 11.6 Å². The number of hydrogen-bond acceptors (Lipinski definition) is 6. The number of nitro benzene ring substituents is 1. The van der Waals surface area contributed by atoms with Gasteiger partial charge < -0.3 is 15.4 Å². The van der Waals surface area contributed by atoms with Crippen molar-refractivity contribution in [3.63, 3.8) is 0 Å². The van der Waals surface area contributed by atoms with Crippen LogP contribution in [0, 0.1) is 10.1 Å². The quantitative estimate of drug-likeness (QED) is 0.348. The van der Waals surface area contributed by atoms with Crippen molar-refractivity contribution in [2.75, 3.05) is 17.2 Å². The Kier molecular flexibility index (Phi) is 7.31. The van der Waals surface area contributed by atoms with Gasteiger partial charge in [0.15, 0.2) is 6.61 Å². The number of amides is 2. The summed E-state index contributed by atoms with van der Waals surface area (Å²) in [5.74, 6) is -1.62. The van der Waals surface area contributed by atoms with Crippen LogP contribution >= 0.6 is 11.6 Å². The van der Waals surface area contributed by atoms with Gasteiger partial charge in [0.1, 0.15) is 0 Å². The van der Waals surface area contributed by atoms with E-state index in [1.807, 2.05) is 0 Å². The fraction of sp³-hybridized carbons (Fsp3) is 0.0952. The van der Waals surface area contributed by atoms with Gasteiger partial charge in [0.2, 0.25) is 5.88 Å². The first kappa shape index (κ1) is 24.5. The normalized spacial score (nSPS) is 10.9. The fourth-order valence-corrected chi connectivity index (χ4v) is 2.94. The highest BCUT2D eigenvalue weighted by Crippen LogP contribution is 2.25. The number of non-ortho nitro benzene ring substituents is 1. The number of ether oxygens (including phenoxy) is 1. The Morgan fingerprint density at radius 2 is 1.74 bits per heavy atom. The number of pyridine rings is 1. The maximum Gasteiger partial charge on any atom is 0.422 e. The number of carbonyl (C=O) groups is 2. The second kappa shape index (κ2) is 10.2. The number of para-hydroxylation sites is 1. The molecule has 0 aliphatic heterocycles. The van der Waals surface area contributed by atoms with Crippen molar-refractivity contribution in [1.82, 2.24) is 4.98 Å². The number of benzene rings is 2. The van der Waals surface area contributed by atoms with Gasteiger partial charge in [-0.05, 0) is 24.3 Å². The molecule has 0 unspecified atom stereocenters. The minimum Gasteiger partial charge on any atom is -0.468 e. The van der Waals surface area contributed by atoms with Gasteiger partial charge in [0, 0.05) is 18.2 Å². The van der Waals surface area contributed by atoms with E-state index in [9.17, 15) is 32.9 Å². The SMILES string of the molecule is O=C(Nc1ccccc1C(=O)Nc1ccc(OCC(F)(F)F)nc1)c1ccc([N+](=O)[O-])cc1Cl. The van der Waals surface area contributed by atoms with Crippen molar-refractivity contribution in [3.8, 4) is 5.88 Å². The van der Waals surface area contributed by atoms with Gasteiger partial charge in [0.05, 0.1) is 38.6 Å². The predicted octanol–water partition coefficient (Wildman–Crippen LogP) is 5.09. The van der Waals surface area contributed by atoms with Crippen LogP contribution in [0.4, 0.5) is 30.2 Å². The largest absolute Gasteiger partial charge is 0.468 e. The maximum absolute atomic E-state index is 12.7. The molecule has 13 heteroatoms. The van der Waals surface area contributed by atoms with E-state index in [2.05, 4.69) is 20.4 Å². The van der Waals surface area contributed by atoms with Crippen LogP contribution in [0.3, 0.4) is 0 Å². The molecule has 34 heavy (non-hydrogen) atoms. The van der Waals surface area contributed by atoms with Crippen molar-refractivity contribution in [1.29, 1.82) is 0 Å². The molecule has 2 aromatic carbocycles. The number of rotatable bonds is 7. The van der Waals surface area contributed by atoms with Crippen LogP contribution in [0.2, 0.25) is 5.02 Å². The van der Waals surface area contributed by atoms with Crippen LogP contribution in [0.15, 0.2) is 60.8 Å². The van der Waals surface area contributed by atoms with Crippen LogP contribution in [0.25, 0.3) is 0 Å². The number of anilines is 2. The third kappa shape index (κ3) is 6.42. The second-order valence-electron chi connectivity index (χ2n) is 6.66. The topological polar surface area (TPSA) is 123 Å². The number of nitrogens with zero attached hydrogens (tertiary/aromatic N) is 2. The van der Waals surface area contributed by atoms with Gasteiger partial charge in [-0.2, -0.15) is 13.2 Å². The zero-order valence-corrected chi connectivity index (χ0v) is 17.7. The van der Waals surface area contributed by atoms with E-state index in [0.717, 1.165) is 24.4 Å². The molecule has 0 saturated carbocycles. The van der Waals surface area contributed by atoms with Gasteiger partial charge in [-0.3, -0.25) is 19.7 Å². The lowest BCUT2D eigenvalue weighted by Gasteiger charge is -2.12. The molecule has 0 saturated heterocycles. The van der Waals surface area contributed by atoms with Crippen LogP contribution in [-0.4, -0.2) is 34.5 Å². The molecule has 3 rings (SSSR count). The molecule has 0 aliphatic carbocycles. The summed E-state index contributed by atoms with van der Waals surface area (Å²) in [5, 5.41) is 15.7. The van der Waals surface area contributed by atoms with Crippen LogP contribution < -0.4 is 15.4 Å². The standard InChI is InChI=1S/C21H14ClF3N4O5/c22-16-9-13(29(32)33)6-7-14(16)19(30)28-17-4-2-1-3-15(17)20(31)27-12-5-8-18(26-10-12)34-11-21(23,24)25/h1-10H,11H2,(H,27,31)(H,28,30). The minimum atomic E-state index is -4.51. The summed E-state index contributed by atoms with van der Waals surface area (Å²) < 4.78 is 41.1. The van der Waals surface area contributed by atoms with Crippen molar-refractivity contribution in [2.24, 2.45) is 0 Å². The molecule has 1 aromatic heterocycles. The number of nitrogens with one attached hydrogen (secondary N) is 2. The van der Waals surface area contributed by atoms with E-state index in [0.29, 0.717) is 0 Å². The van der Waals surface area contributed by atoms with E-state index in [-0.39, 0.29) is 39.1 Å². The summed E-state index contributed by atoms with van der Waals surface area (Å²) >= 11 is 5.98. The lowest BCUT2D eigenvalue weighted by molar-refractivity contribution is -0.384. The average Bonchev–Trinajstić information content (AvgIpc) is 2.78. The zero-order chi connectivity index (χ0) is 24.9. The number of halogens is 4. The molecule has 176 valence electrons. The molecule has 2 amide bonds. The number of hydrogen-bond donors (Lipinski definition) is 2. The van der Waals surface area contributed by atoms with E-state index >= 15 is 0 Å². The Hall–Kier alpha value is -4.19. The van der Waals surface area contributed by atoms with Crippen LogP contribution in [0.1, 0.15) is 20.7 Å². The third-order valence-corrected chi connectivity index (χ3v) is 4.52. The third-order valence-electron chi connectivity index (χ3n) is 4.21. The monoisotopic (exact) mass is 494 g/mol. The van der Waals surface area contributed by atoms with E-state index in [1.165, 1.54) is 24.3 Å². The predicted molar refractivity (Wildman–Crippen MR) is 116 cm³/mol. The molecule has 0 spiro atoms. The molecule has 1 heterocycles. The van der Waals surface area contributed by atoms with Gasteiger partial charge in [-0.15, -0.1) is 0 Å². The summed E-state index contributed by atoms with van der Waals surface area (Å²) in [6.45, 7) is -1.50. The second-order valence-corrected chi connectivity index (χ2v) is 7.07. The molecule has 3 aromatic rings. The fourth-order valence-electron chi connectivity index (χ4n) is 2.68. The summed E-state index contributed by atoms with van der Waals surface area (Å²) in [4.78, 5) is 39.2. The highest BCUT2D eigenvalue weighted by atomic mass is 35.5. The first-order chi connectivity index (χ1) is 16.0. The van der Waals surface area contributed by atoms with Crippen molar-refractivity contribution < 1.29 is 32.4 Å². The molecule has 0 fully saturated rings. The highest BCUT2D eigenvalue weighted by molar-refractivity contribution is 6.34. The summed E-state index contributed by atoms with van der Waals surface area (Å²) in [7, 11) is 0. The molecular weight excluding hydrogens is 481 g/mol. The number of carbonyl (C=O) groups excluding carboxylic acids is 2. The van der Waals surface area contributed by atoms with Crippen LogP contribution in [-0.2, 0) is 0 Å². The van der Waals surface area contributed by atoms with Crippen molar-refractivity contribution in [2.45, 2.75) is 6.18 Å². The molecule has 9 nitrogen and oxygen atoms in total. The Bertz CT molecular complexity index is 1240. The van der Waals surface area contributed by atoms with Crippen molar-refractivity contribution in [3.05, 3.63) is 87.1 Å². The van der Waals surface area contributed by atoms with Gasteiger partial charge in [0.25, 0.3) is 17.5 Å². The first-order valence-electron chi connectivity index (χ1n) is 9.35. The molecule has 0 atom stereocenters. The van der Waals surface area contributed by atoms with Gasteiger partial charge in [-0.25, -0.2) is 4.98 Å². The van der Waals surface area contributed by atoms with Crippen LogP contribution in [0.5, 0.6) is 5.88 Å². The van der Waals surface area contributed by atoms with Crippen molar-refractivity contribution >= 4 is 40.5 Å². The maximum atomic E-state index is 12.7. The minimum absolute atomic E-state index is 0.0406. The first-order valence-corrected chi connectivity index (χ1v) is 9.72. The molecule has 0 aliphatic rings. The number of alkyl halides is 3. The Morgan fingerprint density at radius 1 is 1.03 bits per heavy atom. The molecule has 0 bridgehead atoms. The number of aromatic nitrogens is 1. The molecular formula is C21H14ClF3N4O5.